The minimum Gasteiger partial charge on any atom is -0.323 e. The van der Waals surface area contributed by atoms with Crippen LogP contribution in [-0.4, -0.2) is 27.3 Å². The number of hydrogen-bond donors (Lipinski definition) is 2. The number of hydrogen-bond acceptors (Lipinski definition) is 4. The number of para-hydroxylation sites is 2. The second-order valence-electron chi connectivity index (χ2n) is 3.62. The monoisotopic (exact) mass is 214 g/mol. The Bertz CT molecular complexity index is 539. The van der Waals surface area contributed by atoms with E-state index in [-0.39, 0.29) is 5.78 Å². The number of hydrazine groups is 1. The molecule has 0 fully saturated rings. The molecule has 2 aromatic rings. The Morgan fingerprint density at radius 3 is 3.00 bits per heavy atom. The van der Waals surface area contributed by atoms with Gasteiger partial charge in [-0.2, -0.15) is 0 Å². The van der Waals surface area contributed by atoms with E-state index in [4.69, 9.17) is 0 Å². The van der Waals surface area contributed by atoms with Crippen molar-refractivity contribution in [2.75, 3.05) is 12.0 Å². The molecule has 5 heteroatoms. The molecule has 0 saturated carbocycles. The first-order valence-corrected chi connectivity index (χ1v) is 5.00. The Labute approximate surface area is 91.7 Å². The maximum absolute atomic E-state index is 11.0. The highest BCUT2D eigenvalue weighted by molar-refractivity contribution is 5.93. The Morgan fingerprint density at radius 1 is 1.38 bits per heavy atom. The number of anilines is 1. The number of fused-ring (bicyclic) bond motifs is 1. The van der Waals surface area contributed by atoms with Gasteiger partial charge in [0.05, 0.1) is 11.0 Å². The quantitative estimate of drug-likeness (QED) is 0.790. The summed E-state index contributed by atoms with van der Waals surface area (Å²) in [6.45, 7) is 0.344. The minimum absolute atomic E-state index is 0.0867. The Balaban J connectivity index is 1.84. The predicted octanol–water partition coefficient (Wildman–Crippen LogP) is 1.29. The van der Waals surface area contributed by atoms with Gasteiger partial charge in [-0.05, 0) is 12.1 Å². The summed E-state index contributed by atoms with van der Waals surface area (Å²) < 4.78 is 0. The van der Waals surface area contributed by atoms with Gasteiger partial charge in [-0.3, -0.25) is 15.2 Å². The first-order valence-electron chi connectivity index (χ1n) is 5.00. The fourth-order valence-corrected chi connectivity index (χ4v) is 1.66. The topological polar surface area (TPSA) is 61.0 Å². The molecule has 0 radical (unpaired) electrons. The lowest BCUT2D eigenvalue weighted by molar-refractivity contribution is -0.114. The van der Waals surface area contributed by atoms with Gasteiger partial charge in [-0.1, -0.05) is 12.1 Å². The van der Waals surface area contributed by atoms with Crippen molar-refractivity contribution in [3.8, 4) is 0 Å². The van der Waals surface area contributed by atoms with Crippen molar-refractivity contribution >= 4 is 22.8 Å². The molecule has 5 nitrogen and oxygen atoms in total. The van der Waals surface area contributed by atoms with Gasteiger partial charge in [0.2, 0.25) is 5.95 Å². The van der Waals surface area contributed by atoms with Crippen LogP contribution >= 0.6 is 0 Å². The number of aromatic nitrogens is 2. The molecule has 2 heterocycles. The van der Waals surface area contributed by atoms with Crippen LogP contribution in [0.3, 0.4) is 0 Å². The molecule has 0 spiro atoms. The van der Waals surface area contributed by atoms with Crippen molar-refractivity contribution in [3.63, 3.8) is 0 Å². The van der Waals surface area contributed by atoms with E-state index >= 15 is 0 Å². The number of ketones is 1. The van der Waals surface area contributed by atoms with Crippen LogP contribution in [0.25, 0.3) is 11.0 Å². The minimum atomic E-state index is 0.0867. The number of rotatable bonds is 2. The van der Waals surface area contributed by atoms with Crippen molar-refractivity contribution in [3.05, 3.63) is 36.5 Å². The fraction of sp³-hybridized carbons (Fsp3) is 0.0909. The van der Waals surface area contributed by atoms with Crippen molar-refractivity contribution in [2.45, 2.75) is 0 Å². The van der Waals surface area contributed by atoms with E-state index in [1.54, 1.807) is 11.2 Å². The second-order valence-corrected chi connectivity index (χ2v) is 3.62. The summed E-state index contributed by atoms with van der Waals surface area (Å²) in [5.74, 6) is 0.726. The zero-order valence-electron chi connectivity index (χ0n) is 8.47. The van der Waals surface area contributed by atoms with E-state index in [9.17, 15) is 4.79 Å². The van der Waals surface area contributed by atoms with Gasteiger partial charge in [0, 0.05) is 12.3 Å². The second kappa shape index (κ2) is 3.37. The largest absolute Gasteiger partial charge is 0.323 e. The summed E-state index contributed by atoms with van der Waals surface area (Å²) in [4.78, 5) is 18.5. The Morgan fingerprint density at radius 2 is 2.25 bits per heavy atom. The van der Waals surface area contributed by atoms with E-state index in [0.29, 0.717) is 12.5 Å². The SMILES string of the molecule is O=C1C=CN(Nc2nc3ccccc3[nH]2)C1. The first kappa shape index (κ1) is 8.96. The third-order valence-corrected chi connectivity index (χ3v) is 2.41. The highest BCUT2D eigenvalue weighted by Crippen LogP contribution is 2.14. The van der Waals surface area contributed by atoms with Crippen molar-refractivity contribution in [1.29, 1.82) is 0 Å². The molecule has 0 saturated heterocycles. The molecule has 0 aliphatic carbocycles. The molecule has 16 heavy (non-hydrogen) atoms. The van der Waals surface area contributed by atoms with E-state index < -0.39 is 0 Å². The molecular formula is C11H10N4O. The molecule has 0 bridgehead atoms. The number of aromatic amines is 1. The molecule has 0 unspecified atom stereocenters. The third kappa shape index (κ3) is 1.52. The average molecular weight is 214 g/mol. The summed E-state index contributed by atoms with van der Waals surface area (Å²) >= 11 is 0. The molecular weight excluding hydrogens is 204 g/mol. The lowest BCUT2D eigenvalue weighted by Gasteiger charge is -2.14. The number of carbonyl (C=O) groups excluding carboxylic acids is 1. The molecule has 1 aliphatic rings. The molecule has 3 rings (SSSR count). The molecule has 0 atom stereocenters. The predicted molar refractivity (Wildman–Crippen MR) is 60.6 cm³/mol. The Hall–Kier alpha value is -2.30. The molecule has 80 valence electrons. The van der Waals surface area contributed by atoms with Gasteiger partial charge in [-0.15, -0.1) is 0 Å². The van der Waals surface area contributed by atoms with Gasteiger partial charge in [-0.25, -0.2) is 4.98 Å². The molecule has 2 N–H and O–H groups in total. The molecule has 0 amide bonds. The summed E-state index contributed by atoms with van der Waals surface area (Å²) in [6.07, 6.45) is 3.24. The van der Waals surface area contributed by atoms with Gasteiger partial charge < -0.3 is 4.98 Å². The van der Waals surface area contributed by atoms with E-state index in [2.05, 4.69) is 15.4 Å². The highest BCUT2D eigenvalue weighted by atomic mass is 16.1. The number of nitrogens with zero attached hydrogens (tertiary/aromatic N) is 2. The summed E-state index contributed by atoms with van der Waals surface area (Å²) in [5.41, 5.74) is 4.89. The number of H-pyrrole nitrogens is 1. The summed E-state index contributed by atoms with van der Waals surface area (Å²) in [6, 6.07) is 7.77. The maximum Gasteiger partial charge on any atom is 0.220 e. The highest BCUT2D eigenvalue weighted by Gasteiger charge is 2.12. The van der Waals surface area contributed by atoms with Crippen LogP contribution in [0.2, 0.25) is 0 Å². The summed E-state index contributed by atoms with van der Waals surface area (Å²) in [7, 11) is 0. The standard InChI is InChI=1S/C11H10N4O/c16-8-5-6-15(7-8)14-11-12-9-3-1-2-4-10(9)13-11/h1-6H,7H2,(H2,12,13,14). The smallest absolute Gasteiger partial charge is 0.220 e. The van der Waals surface area contributed by atoms with Crippen molar-refractivity contribution in [1.82, 2.24) is 15.0 Å². The number of nitrogens with one attached hydrogen (secondary N) is 2. The average Bonchev–Trinajstić information content (AvgIpc) is 2.84. The zero-order valence-corrected chi connectivity index (χ0v) is 8.47. The van der Waals surface area contributed by atoms with Gasteiger partial charge in [0.25, 0.3) is 0 Å². The van der Waals surface area contributed by atoms with Crippen LogP contribution in [0.4, 0.5) is 5.95 Å². The molecule has 1 aromatic heterocycles. The Kier molecular flexibility index (Phi) is 1.89. The van der Waals surface area contributed by atoms with Crippen LogP contribution in [0.15, 0.2) is 36.5 Å². The van der Waals surface area contributed by atoms with Crippen molar-refractivity contribution in [2.24, 2.45) is 0 Å². The van der Waals surface area contributed by atoms with E-state index in [1.165, 1.54) is 6.08 Å². The number of carbonyl (C=O) groups is 1. The maximum atomic E-state index is 11.0. The van der Waals surface area contributed by atoms with Crippen LogP contribution in [0, 0.1) is 0 Å². The number of imidazole rings is 1. The van der Waals surface area contributed by atoms with Crippen LogP contribution in [-0.2, 0) is 4.79 Å². The van der Waals surface area contributed by atoms with Crippen LogP contribution < -0.4 is 5.43 Å². The molecule has 1 aliphatic heterocycles. The van der Waals surface area contributed by atoms with Crippen LogP contribution in [0.1, 0.15) is 0 Å². The lowest BCUT2D eigenvalue weighted by atomic mass is 10.3. The van der Waals surface area contributed by atoms with Crippen molar-refractivity contribution < 1.29 is 4.79 Å². The first-order chi connectivity index (χ1) is 7.81. The van der Waals surface area contributed by atoms with Gasteiger partial charge >= 0.3 is 0 Å². The van der Waals surface area contributed by atoms with E-state index in [1.807, 2.05) is 24.3 Å². The lowest BCUT2D eigenvalue weighted by Crippen LogP contribution is -2.25. The van der Waals surface area contributed by atoms with Crippen LogP contribution in [0.5, 0.6) is 0 Å². The number of benzene rings is 1. The fourth-order valence-electron chi connectivity index (χ4n) is 1.66. The third-order valence-electron chi connectivity index (χ3n) is 2.41. The molecule has 1 aromatic carbocycles. The summed E-state index contributed by atoms with van der Waals surface area (Å²) in [5, 5.41) is 1.69. The zero-order chi connectivity index (χ0) is 11.0. The van der Waals surface area contributed by atoms with E-state index in [0.717, 1.165) is 11.0 Å². The van der Waals surface area contributed by atoms with Gasteiger partial charge in [0.15, 0.2) is 5.78 Å². The van der Waals surface area contributed by atoms with Gasteiger partial charge in [0.1, 0.15) is 6.54 Å². The normalized spacial score (nSPS) is 15.0.